The van der Waals surface area contributed by atoms with E-state index < -0.39 is 0 Å². The number of halogens is 1. The zero-order chi connectivity index (χ0) is 14.2. The first-order valence-corrected chi connectivity index (χ1v) is 8.14. The lowest BCUT2D eigenvalue weighted by Crippen LogP contribution is -1.99. The van der Waals surface area contributed by atoms with Gasteiger partial charge in [-0.05, 0) is 48.2 Å². The fourth-order valence-electron chi connectivity index (χ4n) is 2.17. The summed E-state index contributed by atoms with van der Waals surface area (Å²) in [6, 6.07) is 17.3. The Morgan fingerprint density at radius 2 is 1.50 bits per heavy atom. The highest BCUT2D eigenvalue weighted by atomic mass is 79.9. The van der Waals surface area contributed by atoms with Gasteiger partial charge in [0.2, 0.25) is 0 Å². The highest BCUT2D eigenvalue weighted by Crippen LogP contribution is 2.15. The number of hydrogen-bond donors (Lipinski definition) is 1. The molecule has 0 aliphatic rings. The molecule has 0 atom stereocenters. The first-order chi connectivity index (χ1) is 9.78. The Morgan fingerprint density at radius 1 is 0.850 bits per heavy atom. The molecule has 2 rings (SSSR count). The molecule has 0 fully saturated rings. The maximum absolute atomic E-state index is 3.46. The number of benzene rings is 2. The third-order valence-corrected chi connectivity index (χ3v) is 3.96. The van der Waals surface area contributed by atoms with Crippen LogP contribution in [0.15, 0.2) is 53.0 Å². The number of nitrogens with one attached hydrogen (secondary N) is 1. The number of aryl methyl sites for hydroxylation is 1. The summed E-state index contributed by atoms with van der Waals surface area (Å²) >= 11 is 3.45. The van der Waals surface area contributed by atoms with Gasteiger partial charge in [-0.25, -0.2) is 0 Å². The Labute approximate surface area is 130 Å². The van der Waals surface area contributed by atoms with Crippen LogP contribution in [0, 0.1) is 0 Å². The van der Waals surface area contributed by atoms with Crippen molar-refractivity contribution in [3.63, 3.8) is 0 Å². The lowest BCUT2D eigenvalue weighted by molar-refractivity contribution is 0.717. The summed E-state index contributed by atoms with van der Waals surface area (Å²) in [5.74, 6) is 0. The van der Waals surface area contributed by atoms with Crippen LogP contribution in [0.4, 0.5) is 5.69 Å². The summed E-state index contributed by atoms with van der Waals surface area (Å²) in [4.78, 5) is 0. The lowest BCUT2D eigenvalue weighted by atomic mass is 10.1. The van der Waals surface area contributed by atoms with Crippen LogP contribution in [-0.2, 0) is 13.0 Å². The summed E-state index contributed by atoms with van der Waals surface area (Å²) in [5, 5.41) is 3.46. The maximum atomic E-state index is 3.46. The molecule has 0 saturated heterocycles. The smallest absolute Gasteiger partial charge is 0.0400 e. The molecule has 2 heteroatoms. The Hall–Kier alpha value is -1.28. The van der Waals surface area contributed by atoms with E-state index in [4.69, 9.17) is 0 Å². The van der Waals surface area contributed by atoms with Crippen molar-refractivity contribution in [1.29, 1.82) is 0 Å². The van der Waals surface area contributed by atoms with Crippen molar-refractivity contribution in [1.82, 2.24) is 0 Å². The minimum Gasteiger partial charge on any atom is -0.381 e. The quantitative estimate of drug-likeness (QED) is 0.632. The summed E-state index contributed by atoms with van der Waals surface area (Å²) in [6.45, 7) is 3.11. The molecule has 2 aromatic rings. The number of rotatable bonds is 7. The molecule has 2 aromatic carbocycles. The van der Waals surface area contributed by atoms with Gasteiger partial charge in [0.15, 0.2) is 0 Å². The van der Waals surface area contributed by atoms with E-state index in [1.807, 2.05) is 0 Å². The average molecular weight is 332 g/mol. The molecule has 0 heterocycles. The van der Waals surface area contributed by atoms with Gasteiger partial charge in [-0.3, -0.25) is 0 Å². The van der Waals surface area contributed by atoms with Crippen LogP contribution in [0.2, 0.25) is 0 Å². The molecule has 106 valence electrons. The molecule has 0 unspecified atom stereocenters. The predicted octanol–water partition coefficient (Wildman–Crippen LogP) is 5.79. The topological polar surface area (TPSA) is 12.0 Å². The van der Waals surface area contributed by atoms with Crippen molar-refractivity contribution in [2.45, 2.75) is 39.2 Å². The number of hydrogen-bond acceptors (Lipinski definition) is 1. The van der Waals surface area contributed by atoms with Crippen molar-refractivity contribution in [3.8, 4) is 0 Å². The van der Waals surface area contributed by atoms with Crippen molar-refractivity contribution in [3.05, 3.63) is 64.1 Å². The van der Waals surface area contributed by atoms with E-state index >= 15 is 0 Å². The van der Waals surface area contributed by atoms with E-state index in [-0.39, 0.29) is 0 Å². The molecular weight excluding hydrogens is 310 g/mol. The van der Waals surface area contributed by atoms with E-state index in [9.17, 15) is 0 Å². The molecule has 0 saturated carbocycles. The zero-order valence-corrected chi connectivity index (χ0v) is 13.6. The second-order valence-corrected chi connectivity index (χ2v) is 6.05. The van der Waals surface area contributed by atoms with Crippen LogP contribution >= 0.6 is 15.9 Å². The molecule has 0 aliphatic heterocycles. The molecule has 0 spiro atoms. The minimum absolute atomic E-state index is 0.864. The number of unbranched alkanes of at least 4 members (excludes halogenated alkanes) is 2. The molecule has 20 heavy (non-hydrogen) atoms. The second-order valence-electron chi connectivity index (χ2n) is 5.13. The third-order valence-electron chi connectivity index (χ3n) is 3.43. The fraction of sp³-hybridized carbons (Fsp3) is 0.333. The van der Waals surface area contributed by atoms with Crippen LogP contribution in [-0.4, -0.2) is 0 Å². The van der Waals surface area contributed by atoms with Crippen molar-refractivity contribution < 1.29 is 0 Å². The van der Waals surface area contributed by atoms with Crippen molar-refractivity contribution in [2.24, 2.45) is 0 Å². The van der Waals surface area contributed by atoms with E-state index in [2.05, 4.69) is 76.7 Å². The van der Waals surface area contributed by atoms with Gasteiger partial charge in [0, 0.05) is 16.7 Å². The Kier molecular flexibility index (Phi) is 6.13. The Morgan fingerprint density at radius 3 is 2.15 bits per heavy atom. The van der Waals surface area contributed by atoms with Gasteiger partial charge in [0.1, 0.15) is 0 Å². The van der Waals surface area contributed by atoms with E-state index in [1.54, 1.807) is 0 Å². The molecule has 0 aliphatic carbocycles. The highest BCUT2D eigenvalue weighted by Gasteiger charge is 1.96. The van der Waals surface area contributed by atoms with E-state index in [0.717, 1.165) is 11.0 Å². The Balaban J connectivity index is 1.82. The largest absolute Gasteiger partial charge is 0.381 e. The van der Waals surface area contributed by atoms with Crippen molar-refractivity contribution >= 4 is 21.6 Å². The van der Waals surface area contributed by atoms with E-state index in [0.29, 0.717) is 0 Å². The van der Waals surface area contributed by atoms with Gasteiger partial charge in [-0.1, -0.05) is 60.0 Å². The van der Waals surface area contributed by atoms with Gasteiger partial charge in [0.25, 0.3) is 0 Å². The molecular formula is C18H22BrN. The highest BCUT2D eigenvalue weighted by molar-refractivity contribution is 9.10. The second kappa shape index (κ2) is 8.11. The van der Waals surface area contributed by atoms with E-state index in [1.165, 1.54) is 42.5 Å². The maximum Gasteiger partial charge on any atom is 0.0400 e. The monoisotopic (exact) mass is 331 g/mol. The molecule has 0 amide bonds. The van der Waals surface area contributed by atoms with Crippen LogP contribution in [0.1, 0.15) is 37.3 Å². The van der Waals surface area contributed by atoms with Gasteiger partial charge >= 0.3 is 0 Å². The third kappa shape index (κ3) is 5.01. The van der Waals surface area contributed by atoms with Gasteiger partial charge < -0.3 is 5.32 Å². The van der Waals surface area contributed by atoms with Gasteiger partial charge in [0.05, 0.1) is 0 Å². The van der Waals surface area contributed by atoms with Crippen LogP contribution < -0.4 is 5.32 Å². The normalized spacial score (nSPS) is 10.5. The fourth-order valence-corrected chi connectivity index (χ4v) is 2.44. The SMILES string of the molecule is CCCCCc1ccc(NCc2ccc(Br)cc2)cc1. The Bertz CT molecular complexity index is 502. The molecule has 0 radical (unpaired) electrons. The predicted molar refractivity (Wildman–Crippen MR) is 91.1 cm³/mol. The lowest BCUT2D eigenvalue weighted by Gasteiger charge is -2.08. The average Bonchev–Trinajstić information content (AvgIpc) is 2.48. The van der Waals surface area contributed by atoms with Crippen LogP contribution in [0.25, 0.3) is 0 Å². The molecule has 1 N–H and O–H groups in total. The summed E-state index contributed by atoms with van der Waals surface area (Å²) in [6.07, 6.45) is 5.10. The van der Waals surface area contributed by atoms with Crippen molar-refractivity contribution in [2.75, 3.05) is 5.32 Å². The minimum atomic E-state index is 0.864. The van der Waals surface area contributed by atoms with Crippen LogP contribution in [0.5, 0.6) is 0 Å². The standard InChI is InChI=1S/C18H22BrN/c1-2-3-4-5-15-8-12-18(13-9-15)20-14-16-6-10-17(19)11-7-16/h6-13,20H,2-5,14H2,1H3. The summed E-state index contributed by atoms with van der Waals surface area (Å²) in [5.41, 5.74) is 3.92. The number of anilines is 1. The zero-order valence-electron chi connectivity index (χ0n) is 12.0. The first-order valence-electron chi connectivity index (χ1n) is 7.35. The summed E-state index contributed by atoms with van der Waals surface area (Å²) in [7, 11) is 0. The van der Waals surface area contributed by atoms with Gasteiger partial charge in [-0.15, -0.1) is 0 Å². The molecule has 0 bridgehead atoms. The van der Waals surface area contributed by atoms with Crippen LogP contribution in [0.3, 0.4) is 0 Å². The van der Waals surface area contributed by atoms with Gasteiger partial charge in [-0.2, -0.15) is 0 Å². The first kappa shape index (κ1) is 15.1. The summed E-state index contributed by atoms with van der Waals surface area (Å²) < 4.78 is 1.12. The molecule has 0 aromatic heterocycles. The molecule has 1 nitrogen and oxygen atoms in total.